The topological polar surface area (TPSA) is 51.2 Å². The van der Waals surface area contributed by atoms with Crippen molar-refractivity contribution in [3.05, 3.63) is 40.6 Å². The molecule has 0 atom stereocenters. The molecule has 0 spiro atoms. The average Bonchev–Trinajstić information content (AvgIpc) is 3.06. The number of thiazole rings is 1. The molecule has 1 amide bonds. The molecule has 1 aromatic carbocycles. The summed E-state index contributed by atoms with van der Waals surface area (Å²) in [6.45, 7) is 0. The number of nitrogens with one attached hydrogen (secondary N) is 1. The van der Waals surface area contributed by atoms with Gasteiger partial charge in [-0.3, -0.25) is 4.79 Å². The van der Waals surface area contributed by atoms with Crippen molar-refractivity contribution >= 4 is 43.9 Å². The van der Waals surface area contributed by atoms with Gasteiger partial charge in [0.15, 0.2) is 5.13 Å². The number of nitrogens with zero attached hydrogens (tertiary/aromatic N) is 1. The molecule has 0 bridgehead atoms. The summed E-state index contributed by atoms with van der Waals surface area (Å²) in [6.07, 6.45) is 0.380. The molecule has 2 heterocycles. The van der Waals surface area contributed by atoms with Crippen molar-refractivity contribution in [1.82, 2.24) is 4.98 Å². The van der Waals surface area contributed by atoms with Gasteiger partial charge < -0.3 is 10.1 Å². The van der Waals surface area contributed by atoms with Crippen LogP contribution in [0.3, 0.4) is 0 Å². The quantitative estimate of drug-likeness (QED) is 0.802. The molecule has 0 aliphatic carbocycles. The Kier molecular flexibility index (Phi) is 3.66. The van der Waals surface area contributed by atoms with Crippen LogP contribution in [0.2, 0.25) is 0 Å². The summed E-state index contributed by atoms with van der Waals surface area (Å²) in [6, 6.07) is 9.63. The summed E-state index contributed by atoms with van der Waals surface area (Å²) in [5, 5.41) is 5.41. The summed E-state index contributed by atoms with van der Waals surface area (Å²) in [4.78, 5) is 17.4. The van der Waals surface area contributed by atoms with Crippen LogP contribution in [0.15, 0.2) is 35.7 Å². The van der Waals surface area contributed by atoms with E-state index in [1.807, 2.05) is 35.7 Å². The number of benzene rings is 1. The van der Waals surface area contributed by atoms with Crippen molar-refractivity contribution in [3.63, 3.8) is 0 Å². The smallest absolute Gasteiger partial charge is 0.231 e. The van der Waals surface area contributed by atoms with Gasteiger partial charge in [-0.15, -0.1) is 11.3 Å². The molecule has 0 radical (unpaired) electrons. The molecule has 0 unspecified atom stereocenters. The van der Waals surface area contributed by atoms with E-state index in [1.54, 1.807) is 18.4 Å². The maximum Gasteiger partial charge on any atom is 0.231 e. The Labute approximate surface area is 124 Å². The highest BCUT2D eigenvalue weighted by atomic mass is 32.1. The Morgan fingerprint density at radius 2 is 2.25 bits per heavy atom. The zero-order chi connectivity index (χ0) is 13.9. The van der Waals surface area contributed by atoms with Crippen LogP contribution in [0.25, 0.3) is 10.2 Å². The fourth-order valence-corrected chi connectivity index (χ4v) is 3.48. The van der Waals surface area contributed by atoms with Crippen molar-refractivity contribution in [1.29, 1.82) is 0 Å². The number of hydrogen-bond acceptors (Lipinski definition) is 5. The lowest BCUT2D eigenvalue weighted by Crippen LogP contribution is -2.13. The van der Waals surface area contributed by atoms with Gasteiger partial charge in [0.2, 0.25) is 5.91 Å². The van der Waals surface area contributed by atoms with Crippen LogP contribution in [0.5, 0.6) is 5.75 Å². The predicted molar refractivity (Wildman–Crippen MR) is 82.8 cm³/mol. The van der Waals surface area contributed by atoms with Gasteiger partial charge in [-0.1, -0.05) is 23.5 Å². The third kappa shape index (κ3) is 2.66. The van der Waals surface area contributed by atoms with E-state index in [9.17, 15) is 4.79 Å². The first-order valence-corrected chi connectivity index (χ1v) is 7.71. The lowest BCUT2D eigenvalue weighted by molar-refractivity contribution is -0.115. The Hall–Kier alpha value is -1.92. The van der Waals surface area contributed by atoms with Gasteiger partial charge in [0.05, 0.1) is 18.2 Å². The number of anilines is 1. The number of methoxy groups -OCH3 is 1. The number of fused-ring (bicyclic) bond motifs is 1. The monoisotopic (exact) mass is 304 g/mol. The second-order valence-electron chi connectivity index (χ2n) is 4.13. The zero-order valence-corrected chi connectivity index (χ0v) is 12.4. The number of amides is 1. The van der Waals surface area contributed by atoms with Crippen LogP contribution in [0, 0.1) is 0 Å². The van der Waals surface area contributed by atoms with Crippen LogP contribution in [0.4, 0.5) is 5.13 Å². The number of carbonyl (C=O) groups excluding carboxylic acids is 1. The first-order valence-electron chi connectivity index (χ1n) is 6.02. The lowest BCUT2D eigenvalue weighted by Gasteiger charge is -1.99. The van der Waals surface area contributed by atoms with Crippen LogP contribution >= 0.6 is 22.7 Å². The minimum atomic E-state index is -0.0505. The second-order valence-corrected chi connectivity index (χ2v) is 6.19. The Bertz CT molecular complexity index is 735. The van der Waals surface area contributed by atoms with Crippen molar-refractivity contribution in [3.8, 4) is 5.75 Å². The first kappa shape index (κ1) is 13.1. The Morgan fingerprint density at radius 1 is 1.35 bits per heavy atom. The number of ether oxygens (including phenoxy) is 1. The Balaban J connectivity index is 1.79. The summed E-state index contributed by atoms with van der Waals surface area (Å²) in [5.74, 6) is 0.669. The molecule has 0 saturated carbocycles. The number of para-hydroxylation sites is 1. The molecule has 0 aliphatic rings. The maximum atomic E-state index is 11.9. The molecule has 0 saturated heterocycles. The van der Waals surface area contributed by atoms with E-state index in [4.69, 9.17) is 4.74 Å². The fourth-order valence-electron chi connectivity index (χ4n) is 1.88. The highest BCUT2D eigenvalue weighted by Gasteiger charge is 2.11. The van der Waals surface area contributed by atoms with E-state index < -0.39 is 0 Å². The third-order valence-corrected chi connectivity index (χ3v) is 4.58. The summed E-state index contributed by atoms with van der Waals surface area (Å²) >= 11 is 3.02. The van der Waals surface area contributed by atoms with Crippen molar-refractivity contribution in [2.45, 2.75) is 6.42 Å². The van der Waals surface area contributed by atoms with E-state index in [-0.39, 0.29) is 5.91 Å². The summed E-state index contributed by atoms with van der Waals surface area (Å²) in [5.41, 5.74) is 0.784. The minimum absolute atomic E-state index is 0.0505. The van der Waals surface area contributed by atoms with E-state index in [2.05, 4.69) is 10.3 Å². The number of thiophene rings is 1. The van der Waals surface area contributed by atoms with Gasteiger partial charge in [0.25, 0.3) is 0 Å². The molecule has 102 valence electrons. The van der Waals surface area contributed by atoms with E-state index in [0.29, 0.717) is 11.6 Å². The molecule has 2 aromatic heterocycles. The highest BCUT2D eigenvalue weighted by Crippen LogP contribution is 2.32. The lowest BCUT2D eigenvalue weighted by atomic mass is 10.3. The molecular formula is C14H12N2O2S2. The van der Waals surface area contributed by atoms with E-state index >= 15 is 0 Å². The molecule has 20 heavy (non-hydrogen) atoms. The van der Waals surface area contributed by atoms with Gasteiger partial charge in [-0.05, 0) is 23.6 Å². The molecule has 3 aromatic rings. The molecule has 3 rings (SSSR count). The largest absolute Gasteiger partial charge is 0.494 e. The maximum absolute atomic E-state index is 11.9. The SMILES string of the molecule is COc1cccc2sc(NC(=O)Cc3cccs3)nc12. The normalized spacial score (nSPS) is 10.7. The molecule has 1 N–H and O–H groups in total. The van der Waals surface area contributed by atoms with Crippen LogP contribution in [0.1, 0.15) is 4.88 Å². The third-order valence-electron chi connectivity index (χ3n) is 2.76. The average molecular weight is 304 g/mol. The summed E-state index contributed by atoms with van der Waals surface area (Å²) < 4.78 is 6.26. The highest BCUT2D eigenvalue weighted by molar-refractivity contribution is 7.22. The molecule has 0 aliphatic heterocycles. The van der Waals surface area contributed by atoms with Crippen molar-refractivity contribution in [2.75, 3.05) is 12.4 Å². The summed E-state index contributed by atoms with van der Waals surface area (Å²) in [7, 11) is 1.61. The molecule has 4 nitrogen and oxygen atoms in total. The zero-order valence-electron chi connectivity index (χ0n) is 10.8. The molecule has 0 fully saturated rings. The van der Waals surface area contributed by atoms with Crippen molar-refractivity contribution < 1.29 is 9.53 Å². The number of hydrogen-bond donors (Lipinski definition) is 1. The van der Waals surface area contributed by atoms with Gasteiger partial charge in [0, 0.05) is 4.88 Å². The number of carbonyl (C=O) groups is 1. The van der Waals surface area contributed by atoms with Gasteiger partial charge in [0.1, 0.15) is 11.3 Å². The van der Waals surface area contributed by atoms with E-state index in [1.165, 1.54) is 11.3 Å². The van der Waals surface area contributed by atoms with Crippen LogP contribution < -0.4 is 10.1 Å². The van der Waals surface area contributed by atoms with Gasteiger partial charge in [-0.2, -0.15) is 0 Å². The Morgan fingerprint density at radius 3 is 3.00 bits per heavy atom. The second kappa shape index (κ2) is 5.60. The molecular weight excluding hydrogens is 292 g/mol. The number of rotatable bonds is 4. The predicted octanol–water partition coefficient (Wildman–Crippen LogP) is 3.55. The van der Waals surface area contributed by atoms with Gasteiger partial charge >= 0.3 is 0 Å². The molecule has 6 heteroatoms. The van der Waals surface area contributed by atoms with Crippen molar-refractivity contribution in [2.24, 2.45) is 0 Å². The minimum Gasteiger partial charge on any atom is -0.494 e. The fraction of sp³-hybridized carbons (Fsp3) is 0.143. The standard InChI is InChI=1S/C14H12N2O2S2/c1-18-10-5-2-6-11-13(10)16-14(20-11)15-12(17)8-9-4-3-7-19-9/h2-7H,8H2,1H3,(H,15,16,17). The van der Waals surface area contributed by atoms with E-state index in [0.717, 1.165) is 20.8 Å². The number of aromatic nitrogens is 1. The van der Waals surface area contributed by atoms with Gasteiger partial charge in [-0.25, -0.2) is 4.98 Å². The van der Waals surface area contributed by atoms with Crippen LogP contribution in [-0.2, 0) is 11.2 Å². The first-order chi connectivity index (χ1) is 9.76. The van der Waals surface area contributed by atoms with Crippen LogP contribution in [-0.4, -0.2) is 18.0 Å².